The minimum Gasteiger partial charge on any atom is -0.492 e. The second-order valence-electron chi connectivity index (χ2n) is 6.95. The molecule has 0 atom stereocenters. The number of furan rings is 1. The smallest absolute Gasteiger partial charge is 0.274 e. The van der Waals surface area contributed by atoms with Crippen molar-refractivity contribution in [2.45, 2.75) is 19.2 Å². The molecule has 0 fully saturated rings. The van der Waals surface area contributed by atoms with Gasteiger partial charge in [0.25, 0.3) is 21.8 Å². The lowest BCUT2D eigenvalue weighted by Crippen LogP contribution is -2.37. The molecule has 0 aliphatic carbocycles. The van der Waals surface area contributed by atoms with Crippen LogP contribution in [0.25, 0.3) is 16.5 Å². The Morgan fingerprint density at radius 1 is 1.12 bits per heavy atom. The number of sulfonamides is 1. The molecule has 174 valence electrons. The van der Waals surface area contributed by atoms with Crippen molar-refractivity contribution in [3.05, 3.63) is 65.6 Å². The van der Waals surface area contributed by atoms with Crippen molar-refractivity contribution >= 4 is 38.4 Å². The Morgan fingerprint density at radius 3 is 2.55 bits per heavy atom. The predicted octanol–water partition coefficient (Wildman–Crippen LogP) is 2.41. The van der Waals surface area contributed by atoms with Crippen LogP contribution in [-0.2, 0) is 14.8 Å². The first-order chi connectivity index (χ1) is 15.3. The zero-order valence-corrected chi connectivity index (χ0v) is 17.7. The standard InChI is InChI=1S/C21H19N3O7S.CH4/c1-12-17-11-15-16(31-17)3-2-4-18(15)32(28,29)24-19(12)21(26)22-9-10-30-14-7-5-13(6-8-14)20(25)23-27;/h2-8,11,24,27H,9-10H2,1H3,(H,22,26)(H,23,25);1H4. The monoisotopic (exact) mass is 473 g/mol. The molecule has 2 bridgehead atoms. The van der Waals surface area contributed by atoms with E-state index in [1.165, 1.54) is 35.8 Å². The number of amides is 2. The minimum absolute atomic E-state index is 0. The molecule has 0 unspecified atom stereocenters. The van der Waals surface area contributed by atoms with Gasteiger partial charge >= 0.3 is 0 Å². The molecular weight excluding hydrogens is 450 g/mol. The van der Waals surface area contributed by atoms with Gasteiger partial charge in [-0.2, -0.15) is 0 Å². The fourth-order valence-corrected chi connectivity index (χ4v) is 4.58. The van der Waals surface area contributed by atoms with Crippen LogP contribution in [0.5, 0.6) is 5.75 Å². The summed E-state index contributed by atoms with van der Waals surface area (Å²) in [6.07, 6.45) is 0. The van der Waals surface area contributed by atoms with Gasteiger partial charge in [-0.05, 0) is 49.4 Å². The Balaban J connectivity index is 0.00000306. The van der Waals surface area contributed by atoms with Crippen LogP contribution in [0.2, 0.25) is 0 Å². The van der Waals surface area contributed by atoms with Gasteiger partial charge in [0.1, 0.15) is 29.4 Å². The van der Waals surface area contributed by atoms with Gasteiger partial charge in [0.15, 0.2) is 0 Å². The summed E-state index contributed by atoms with van der Waals surface area (Å²) in [5, 5.41) is 11.7. The molecule has 1 aliphatic heterocycles. The molecular formula is C22H23N3O7S. The number of ether oxygens (including phenoxy) is 1. The van der Waals surface area contributed by atoms with Crippen molar-refractivity contribution in [1.82, 2.24) is 15.5 Å². The van der Waals surface area contributed by atoms with Gasteiger partial charge in [-0.15, -0.1) is 0 Å². The normalized spacial score (nSPS) is 14.0. The van der Waals surface area contributed by atoms with E-state index in [9.17, 15) is 18.0 Å². The van der Waals surface area contributed by atoms with E-state index in [2.05, 4.69) is 10.0 Å². The van der Waals surface area contributed by atoms with E-state index in [1.54, 1.807) is 25.1 Å². The summed E-state index contributed by atoms with van der Waals surface area (Å²) < 4.78 is 39.2. The molecule has 2 aromatic carbocycles. The van der Waals surface area contributed by atoms with Crippen molar-refractivity contribution in [3.63, 3.8) is 0 Å². The second-order valence-corrected chi connectivity index (χ2v) is 8.60. The first-order valence-corrected chi connectivity index (χ1v) is 11.0. The number of allylic oxidation sites excluding steroid dienone is 1. The summed E-state index contributed by atoms with van der Waals surface area (Å²) in [5.41, 5.74) is 2.42. The van der Waals surface area contributed by atoms with Crippen molar-refractivity contribution in [2.75, 3.05) is 13.2 Å². The molecule has 3 aromatic rings. The molecule has 11 heteroatoms. The Hall–Kier alpha value is -3.83. The van der Waals surface area contributed by atoms with Gasteiger partial charge in [-0.25, -0.2) is 13.9 Å². The lowest BCUT2D eigenvalue weighted by Gasteiger charge is -2.16. The maximum Gasteiger partial charge on any atom is 0.274 e. The molecule has 0 radical (unpaired) electrons. The highest BCUT2D eigenvalue weighted by atomic mass is 32.2. The van der Waals surface area contributed by atoms with Crippen molar-refractivity contribution in [1.29, 1.82) is 0 Å². The van der Waals surface area contributed by atoms with Crippen LogP contribution < -0.4 is 20.3 Å². The summed E-state index contributed by atoms with van der Waals surface area (Å²) in [5.74, 6) is -0.429. The quantitative estimate of drug-likeness (QED) is 0.244. The van der Waals surface area contributed by atoms with Crippen LogP contribution in [-0.4, -0.2) is 38.6 Å². The number of hydrogen-bond donors (Lipinski definition) is 4. The fraction of sp³-hybridized carbons (Fsp3) is 0.182. The molecule has 0 saturated carbocycles. The third-order valence-corrected chi connectivity index (χ3v) is 6.30. The van der Waals surface area contributed by atoms with E-state index in [0.29, 0.717) is 28.1 Å². The third kappa shape index (κ3) is 4.69. The van der Waals surface area contributed by atoms with Crippen LogP contribution in [0.3, 0.4) is 0 Å². The zero-order chi connectivity index (χ0) is 22.9. The molecule has 4 N–H and O–H groups in total. The highest BCUT2D eigenvalue weighted by molar-refractivity contribution is 7.90. The second kappa shape index (κ2) is 9.35. The maximum atomic E-state index is 12.8. The fourth-order valence-electron chi connectivity index (χ4n) is 3.25. The number of hydrogen-bond acceptors (Lipinski definition) is 7. The molecule has 33 heavy (non-hydrogen) atoms. The lowest BCUT2D eigenvalue weighted by molar-refractivity contribution is -0.117. The number of fused-ring (bicyclic) bond motifs is 1. The zero-order valence-electron chi connectivity index (χ0n) is 16.8. The molecule has 0 spiro atoms. The van der Waals surface area contributed by atoms with E-state index in [0.717, 1.165) is 0 Å². The molecule has 1 aliphatic rings. The number of hydroxylamine groups is 1. The van der Waals surface area contributed by atoms with E-state index >= 15 is 0 Å². The third-order valence-electron chi connectivity index (χ3n) is 4.89. The van der Waals surface area contributed by atoms with Gasteiger partial charge in [0.05, 0.1) is 11.4 Å². The maximum absolute atomic E-state index is 12.8. The van der Waals surface area contributed by atoms with Gasteiger partial charge in [-0.3, -0.25) is 19.5 Å². The molecule has 2 heterocycles. The SMILES string of the molecule is C.CC1=C(C(=O)NCCOc2ccc(C(=O)NO)cc2)NS(=O)(=O)c2cccc3oc1cc23. The molecule has 4 rings (SSSR count). The molecule has 10 nitrogen and oxygen atoms in total. The number of carbonyl (C=O) groups excluding carboxylic acids is 2. The Morgan fingerprint density at radius 2 is 1.85 bits per heavy atom. The molecule has 1 aromatic heterocycles. The Kier molecular flexibility index (Phi) is 6.75. The summed E-state index contributed by atoms with van der Waals surface area (Å²) >= 11 is 0. The Bertz CT molecular complexity index is 1340. The van der Waals surface area contributed by atoms with Crippen LogP contribution >= 0.6 is 0 Å². The van der Waals surface area contributed by atoms with Crippen LogP contribution in [0.15, 0.2) is 63.5 Å². The predicted molar refractivity (Wildman–Crippen MR) is 120 cm³/mol. The van der Waals surface area contributed by atoms with Crippen molar-refractivity contribution < 1.29 is 32.4 Å². The topological polar surface area (TPSA) is 147 Å². The van der Waals surface area contributed by atoms with E-state index in [-0.39, 0.29) is 36.7 Å². The summed E-state index contributed by atoms with van der Waals surface area (Å²) in [4.78, 5) is 24.1. The number of benzene rings is 2. The van der Waals surface area contributed by atoms with E-state index in [4.69, 9.17) is 14.4 Å². The number of rotatable bonds is 6. The number of nitrogens with one attached hydrogen (secondary N) is 3. The molecule has 0 saturated heterocycles. The van der Waals surface area contributed by atoms with Gasteiger partial charge in [-0.1, -0.05) is 13.5 Å². The lowest BCUT2D eigenvalue weighted by atomic mass is 10.1. The van der Waals surface area contributed by atoms with E-state index in [1.807, 2.05) is 0 Å². The van der Waals surface area contributed by atoms with Crippen LogP contribution in [0, 0.1) is 0 Å². The highest BCUT2D eigenvalue weighted by Crippen LogP contribution is 2.33. The van der Waals surface area contributed by atoms with E-state index < -0.39 is 21.8 Å². The summed E-state index contributed by atoms with van der Waals surface area (Å²) in [7, 11) is -3.99. The average Bonchev–Trinajstić information content (AvgIpc) is 3.23. The first-order valence-electron chi connectivity index (χ1n) is 9.52. The Labute approximate surface area is 190 Å². The van der Waals surface area contributed by atoms with Gasteiger partial charge in [0.2, 0.25) is 0 Å². The number of carbonyl (C=O) groups is 2. The van der Waals surface area contributed by atoms with Gasteiger partial charge in [0, 0.05) is 16.5 Å². The minimum atomic E-state index is -3.99. The van der Waals surface area contributed by atoms with Crippen LogP contribution in [0.1, 0.15) is 30.5 Å². The van der Waals surface area contributed by atoms with Crippen molar-refractivity contribution in [3.8, 4) is 5.75 Å². The largest absolute Gasteiger partial charge is 0.492 e. The van der Waals surface area contributed by atoms with Crippen molar-refractivity contribution in [2.24, 2.45) is 0 Å². The van der Waals surface area contributed by atoms with Crippen LogP contribution in [0.4, 0.5) is 0 Å². The van der Waals surface area contributed by atoms with Gasteiger partial charge < -0.3 is 14.5 Å². The summed E-state index contributed by atoms with van der Waals surface area (Å²) in [6, 6.07) is 12.3. The first kappa shape index (κ1) is 23.8. The molecule has 2 amide bonds. The highest BCUT2D eigenvalue weighted by Gasteiger charge is 2.28. The average molecular weight is 474 g/mol. The summed E-state index contributed by atoms with van der Waals surface area (Å²) in [6.45, 7) is 1.79.